The van der Waals surface area contributed by atoms with E-state index in [0.29, 0.717) is 13.0 Å². The predicted molar refractivity (Wildman–Crippen MR) is 158 cm³/mol. The summed E-state index contributed by atoms with van der Waals surface area (Å²) in [6, 6.07) is 3.57. The Kier molecular flexibility index (Phi) is 17.9. The van der Waals surface area contributed by atoms with Crippen molar-refractivity contribution < 1.29 is 39.8 Å². The van der Waals surface area contributed by atoms with Gasteiger partial charge in [0, 0.05) is 19.8 Å². The van der Waals surface area contributed by atoms with Crippen molar-refractivity contribution in [3.63, 3.8) is 0 Å². The second-order valence-electron chi connectivity index (χ2n) is 11.5. The van der Waals surface area contributed by atoms with Crippen LogP contribution in [0, 0.1) is 0 Å². The Morgan fingerprint density at radius 3 is 1.78 bits per heavy atom. The molecule has 0 heterocycles. The van der Waals surface area contributed by atoms with Crippen molar-refractivity contribution in [1.29, 1.82) is 0 Å². The van der Waals surface area contributed by atoms with E-state index in [1.54, 1.807) is 0 Å². The third kappa shape index (κ3) is 20.8. The van der Waals surface area contributed by atoms with Gasteiger partial charge < -0.3 is 26.6 Å². The maximum atomic E-state index is 12.3. The predicted octanol–water partition coefficient (Wildman–Crippen LogP) is 5.44. The molecule has 2 atom stereocenters. The monoisotopic (exact) mass is 626 g/mol. The molecular formula is C21H53F3O6Si6. The van der Waals surface area contributed by atoms with E-state index in [4.69, 9.17) is 21.8 Å². The third-order valence-electron chi connectivity index (χ3n) is 5.66. The van der Waals surface area contributed by atoms with Gasteiger partial charge >= 0.3 is 6.18 Å². The fraction of sp³-hybridized carbons (Fsp3) is 1.00. The summed E-state index contributed by atoms with van der Waals surface area (Å²) < 4.78 is 67.2. The topological polar surface area (TPSA) is 66.4 Å². The van der Waals surface area contributed by atoms with Gasteiger partial charge in [-0.25, -0.2) is 0 Å². The number of hydrogen-bond donors (Lipinski definition) is 1. The zero-order valence-corrected chi connectivity index (χ0v) is 30.6. The van der Waals surface area contributed by atoms with E-state index in [9.17, 15) is 18.0 Å². The van der Waals surface area contributed by atoms with E-state index < -0.39 is 63.9 Å². The lowest BCUT2D eigenvalue weighted by Gasteiger charge is -2.36. The van der Waals surface area contributed by atoms with Crippen molar-refractivity contribution in [1.82, 2.24) is 0 Å². The minimum atomic E-state index is -4.17. The van der Waals surface area contributed by atoms with Gasteiger partial charge in [-0.05, 0) is 96.3 Å². The van der Waals surface area contributed by atoms with Crippen LogP contribution in [0.25, 0.3) is 0 Å². The van der Waals surface area contributed by atoms with Crippen molar-refractivity contribution >= 4 is 51.4 Å². The Morgan fingerprint density at radius 1 is 0.778 bits per heavy atom. The van der Waals surface area contributed by atoms with Crippen LogP contribution < -0.4 is 0 Å². The summed E-state index contributed by atoms with van der Waals surface area (Å²) in [7, 11) is -11.4. The Morgan fingerprint density at radius 2 is 1.31 bits per heavy atom. The molecule has 0 amide bonds. The van der Waals surface area contributed by atoms with E-state index in [1.165, 1.54) is 0 Å². The van der Waals surface area contributed by atoms with Crippen molar-refractivity contribution in [2.24, 2.45) is 0 Å². The lowest BCUT2D eigenvalue weighted by atomic mass is 10.4. The molecule has 6 nitrogen and oxygen atoms in total. The highest BCUT2D eigenvalue weighted by molar-refractivity contribution is 7.27. The molecule has 0 saturated heterocycles. The first-order valence-corrected chi connectivity index (χ1v) is 30.1. The Bertz CT molecular complexity index is 579. The third-order valence-corrected chi connectivity index (χ3v) is 30.0. The zero-order chi connectivity index (χ0) is 28.0. The molecule has 15 heteroatoms. The van der Waals surface area contributed by atoms with Gasteiger partial charge in [0.1, 0.15) is 0 Å². The van der Waals surface area contributed by atoms with Gasteiger partial charge in [-0.3, -0.25) is 0 Å². The van der Waals surface area contributed by atoms with Crippen LogP contribution in [0.3, 0.4) is 0 Å². The van der Waals surface area contributed by atoms with Crippen molar-refractivity contribution in [2.75, 3.05) is 26.4 Å². The van der Waals surface area contributed by atoms with Crippen LogP contribution >= 0.6 is 0 Å². The maximum absolute atomic E-state index is 12.3. The fourth-order valence-electron chi connectivity index (χ4n) is 3.80. The number of ether oxygens (including phenoxy) is 2. The molecule has 0 aliphatic heterocycles. The van der Waals surface area contributed by atoms with Crippen LogP contribution in [0.2, 0.25) is 76.6 Å². The molecule has 2 unspecified atom stereocenters. The smallest absolute Gasteiger partial charge is 0.391 e. The summed E-state index contributed by atoms with van der Waals surface area (Å²) in [5, 5.41) is 0. The maximum Gasteiger partial charge on any atom is 0.391 e. The molecule has 1 N–H and O–H groups in total. The van der Waals surface area contributed by atoms with Crippen molar-refractivity contribution in [3.05, 3.63) is 0 Å². The van der Waals surface area contributed by atoms with Gasteiger partial charge in [0.25, 0.3) is 9.28 Å². The highest BCUT2D eigenvalue weighted by Crippen LogP contribution is 2.25. The van der Waals surface area contributed by atoms with Crippen LogP contribution in [-0.2, 0) is 21.8 Å². The molecule has 0 aliphatic rings. The molecule has 0 aromatic rings. The van der Waals surface area contributed by atoms with Gasteiger partial charge in [-0.1, -0.05) is 0 Å². The summed E-state index contributed by atoms with van der Waals surface area (Å²) in [6.45, 7) is 20.6. The summed E-state index contributed by atoms with van der Waals surface area (Å²) in [5.74, 6) is 0. The fourth-order valence-corrected chi connectivity index (χ4v) is 30.5. The average Bonchev–Trinajstić information content (AvgIpc) is 2.68. The normalized spacial score (nSPS) is 15.5. The molecule has 0 spiro atoms. The van der Waals surface area contributed by atoms with Gasteiger partial charge in [0.15, 0.2) is 42.1 Å². The summed E-state index contributed by atoms with van der Waals surface area (Å²) in [6.07, 6.45) is -3.40. The lowest BCUT2D eigenvalue weighted by molar-refractivity contribution is -0.145. The second-order valence-corrected chi connectivity index (χ2v) is 37.1. The van der Waals surface area contributed by atoms with Gasteiger partial charge in [0.2, 0.25) is 0 Å². The largest absolute Gasteiger partial charge is 0.458 e. The van der Waals surface area contributed by atoms with Crippen LogP contribution in [0.15, 0.2) is 0 Å². The minimum Gasteiger partial charge on any atom is -0.458 e. The Labute approximate surface area is 226 Å². The van der Waals surface area contributed by atoms with Crippen LogP contribution in [0.5, 0.6) is 0 Å². The SMILES string of the molecule is CCOCCC[Si](C)(C)O[SiH](CC[SiH](O[SiH](C)C)O[Si](C)(C)CCCOCCC(F)(F)F)[Si](C)(C)O. The molecular weight excluding hydrogens is 574 g/mol. The lowest BCUT2D eigenvalue weighted by Crippen LogP contribution is -2.54. The second kappa shape index (κ2) is 17.5. The molecule has 0 radical (unpaired) electrons. The number of hydrogen-bond acceptors (Lipinski definition) is 6. The molecule has 0 aromatic carbocycles. The molecule has 0 bridgehead atoms. The first-order valence-electron chi connectivity index (χ1n) is 13.3. The first kappa shape index (κ1) is 36.9. The van der Waals surface area contributed by atoms with Crippen LogP contribution in [0.4, 0.5) is 13.2 Å². The number of rotatable bonds is 21. The zero-order valence-electron chi connectivity index (χ0n) is 24.1. The first-order chi connectivity index (χ1) is 16.4. The van der Waals surface area contributed by atoms with Crippen molar-refractivity contribution in [3.8, 4) is 0 Å². The number of halogens is 3. The van der Waals surface area contributed by atoms with E-state index in [0.717, 1.165) is 43.8 Å². The summed E-state index contributed by atoms with van der Waals surface area (Å²) >= 11 is 0. The molecule has 0 aliphatic carbocycles. The highest BCUT2D eigenvalue weighted by atomic mass is 29.3. The van der Waals surface area contributed by atoms with Gasteiger partial charge in [0.05, 0.1) is 13.0 Å². The molecule has 0 rings (SSSR count). The highest BCUT2D eigenvalue weighted by Gasteiger charge is 2.39. The van der Waals surface area contributed by atoms with Crippen LogP contribution in [0.1, 0.15) is 26.2 Å². The number of alkyl halides is 3. The van der Waals surface area contributed by atoms with Gasteiger partial charge in [-0.15, -0.1) is 0 Å². The summed E-state index contributed by atoms with van der Waals surface area (Å²) in [5.41, 5.74) is 0. The van der Waals surface area contributed by atoms with Crippen LogP contribution in [-0.4, -0.2) is 88.8 Å². The van der Waals surface area contributed by atoms with Crippen molar-refractivity contribution in [2.45, 2.75) is 109 Å². The average molecular weight is 627 g/mol. The molecule has 0 saturated carbocycles. The quantitative estimate of drug-likeness (QED) is 0.135. The molecule has 0 aromatic heterocycles. The Hall–Kier alpha value is 0.851. The van der Waals surface area contributed by atoms with E-state index in [-0.39, 0.29) is 6.61 Å². The van der Waals surface area contributed by atoms with Gasteiger partial charge in [-0.2, -0.15) is 13.2 Å². The summed E-state index contributed by atoms with van der Waals surface area (Å²) in [4.78, 5) is 11.1. The Balaban J connectivity index is 4.90. The van der Waals surface area contributed by atoms with E-state index in [1.807, 2.05) is 20.0 Å². The minimum absolute atomic E-state index is 0.288. The molecule has 36 heavy (non-hydrogen) atoms. The molecule has 0 fully saturated rings. The standard InChI is InChI=1S/C21H53F3O6Si6/c1-10-26-14-11-20-35(6,7)30-33(36(8,9)25)18-17-32(28-31(2)3)29-34(4,5)19-12-15-27-16-13-21(22,23)24/h25,31-33H,10-20H2,1-9H3. The molecule has 218 valence electrons. The van der Waals surface area contributed by atoms with E-state index in [2.05, 4.69) is 39.3 Å². The van der Waals surface area contributed by atoms with E-state index >= 15 is 0 Å².